The molecule has 0 unspecified atom stereocenters. The molecule has 30 heavy (non-hydrogen) atoms. The molecule has 1 amide bonds. The van der Waals surface area contributed by atoms with Crippen LogP contribution in [0.25, 0.3) is 11.4 Å². The van der Waals surface area contributed by atoms with Crippen LogP contribution >= 0.6 is 11.6 Å². The summed E-state index contributed by atoms with van der Waals surface area (Å²) in [5.74, 6) is 0.0718. The molecule has 0 saturated heterocycles. The zero-order valence-corrected chi connectivity index (χ0v) is 18.3. The third-order valence-electron chi connectivity index (χ3n) is 4.33. The number of benzene rings is 2. The largest absolute Gasteiger partial charge is 0.345 e. The second-order valence-electron chi connectivity index (χ2n) is 6.85. The van der Waals surface area contributed by atoms with E-state index in [1.165, 1.54) is 0 Å². The smallest absolute Gasteiger partial charge is 0.246 e. The summed E-state index contributed by atoms with van der Waals surface area (Å²) in [7, 11) is -3.66. The summed E-state index contributed by atoms with van der Waals surface area (Å²) in [5, 5.41) is 7.08. The van der Waals surface area contributed by atoms with Gasteiger partial charge in [0.15, 0.2) is 0 Å². The van der Waals surface area contributed by atoms with Gasteiger partial charge in [-0.2, -0.15) is 4.98 Å². The second-order valence-corrected chi connectivity index (χ2v) is 9.20. The van der Waals surface area contributed by atoms with Gasteiger partial charge in [0.05, 0.1) is 18.5 Å². The van der Waals surface area contributed by atoms with Crippen molar-refractivity contribution in [1.82, 2.24) is 15.5 Å². The van der Waals surface area contributed by atoms with Crippen LogP contribution in [0.3, 0.4) is 0 Å². The molecule has 1 heterocycles. The van der Waals surface area contributed by atoms with Gasteiger partial charge in [-0.1, -0.05) is 28.9 Å². The van der Waals surface area contributed by atoms with E-state index in [9.17, 15) is 13.2 Å². The lowest BCUT2D eigenvalue weighted by Crippen LogP contribution is -2.40. The number of hydrogen-bond acceptors (Lipinski definition) is 6. The maximum Gasteiger partial charge on any atom is 0.246 e. The molecule has 0 bridgehead atoms. The minimum absolute atomic E-state index is 0.0240. The molecule has 3 aromatic rings. The molecule has 2 aromatic carbocycles. The van der Waals surface area contributed by atoms with Gasteiger partial charge in [0.2, 0.25) is 27.6 Å². The number of halogens is 1. The molecule has 0 aliphatic rings. The zero-order valence-electron chi connectivity index (χ0n) is 16.7. The van der Waals surface area contributed by atoms with Crippen molar-refractivity contribution in [1.29, 1.82) is 0 Å². The Kier molecular flexibility index (Phi) is 6.42. The molecule has 10 heteroatoms. The quantitative estimate of drug-likeness (QED) is 0.595. The van der Waals surface area contributed by atoms with E-state index in [1.54, 1.807) is 37.3 Å². The van der Waals surface area contributed by atoms with E-state index in [2.05, 4.69) is 15.5 Å². The lowest BCUT2D eigenvalue weighted by Gasteiger charge is -2.24. The van der Waals surface area contributed by atoms with Gasteiger partial charge in [-0.25, -0.2) is 8.42 Å². The molecular weight excluding hydrogens is 428 g/mol. The van der Waals surface area contributed by atoms with Crippen LogP contribution in [-0.2, 0) is 21.4 Å². The molecule has 0 radical (unpaired) electrons. The highest BCUT2D eigenvalue weighted by molar-refractivity contribution is 7.92. The Morgan fingerprint density at radius 3 is 2.53 bits per heavy atom. The number of aromatic nitrogens is 2. The van der Waals surface area contributed by atoms with E-state index in [4.69, 9.17) is 16.1 Å². The summed E-state index contributed by atoms with van der Waals surface area (Å²) in [5.41, 5.74) is 2.84. The van der Waals surface area contributed by atoms with Crippen LogP contribution in [0.1, 0.15) is 17.0 Å². The van der Waals surface area contributed by atoms with E-state index in [1.807, 2.05) is 19.1 Å². The number of carbonyl (C=O) groups excluding carboxylic acids is 1. The lowest BCUT2D eigenvalue weighted by molar-refractivity contribution is -0.119. The predicted octanol–water partition coefficient (Wildman–Crippen LogP) is 3.09. The van der Waals surface area contributed by atoms with Gasteiger partial charge in [-0.15, -0.1) is 0 Å². The number of hydrogen-bond donors (Lipinski definition) is 1. The number of amides is 1. The molecule has 0 aliphatic carbocycles. The van der Waals surface area contributed by atoms with Crippen LogP contribution in [-0.4, -0.2) is 37.3 Å². The van der Waals surface area contributed by atoms with Gasteiger partial charge in [-0.3, -0.25) is 9.10 Å². The molecule has 0 aliphatic heterocycles. The lowest BCUT2D eigenvalue weighted by atomic mass is 10.1. The van der Waals surface area contributed by atoms with Crippen LogP contribution in [0.5, 0.6) is 0 Å². The summed E-state index contributed by atoms with van der Waals surface area (Å²) in [6, 6.07) is 12.4. The van der Waals surface area contributed by atoms with Crippen LogP contribution in [0.4, 0.5) is 5.69 Å². The molecule has 0 spiro atoms. The zero-order chi connectivity index (χ0) is 21.9. The maximum atomic E-state index is 12.4. The molecule has 0 fully saturated rings. The summed E-state index contributed by atoms with van der Waals surface area (Å²) in [6.45, 7) is 3.27. The highest BCUT2D eigenvalue weighted by atomic mass is 35.5. The van der Waals surface area contributed by atoms with Gasteiger partial charge in [0.1, 0.15) is 6.54 Å². The SMILES string of the molecule is Cc1ccc(C)c(N(CC(=O)NCc2nc(-c3ccc(Cl)cc3)no2)S(C)(=O)=O)c1. The summed E-state index contributed by atoms with van der Waals surface area (Å²) in [6.07, 6.45) is 1.07. The van der Waals surface area contributed by atoms with Crippen LogP contribution in [0.15, 0.2) is 47.0 Å². The average molecular weight is 449 g/mol. The monoisotopic (exact) mass is 448 g/mol. The second kappa shape index (κ2) is 8.85. The molecule has 0 saturated carbocycles. The molecule has 0 atom stereocenters. The van der Waals surface area contributed by atoms with Crippen molar-refractivity contribution >= 4 is 33.2 Å². The van der Waals surface area contributed by atoms with Crippen LogP contribution in [0, 0.1) is 13.8 Å². The summed E-state index contributed by atoms with van der Waals surface area (Å²) in [4.78, 5) is 16.7. The van der Waals surface area contributed by atoms with Crippen molar-refractivity contribution in [2.45, 2.75) is 20.4 Å². The van der Waals surface area contributed by atoms with E-state index in [0.29, 0.717) is 16.5 Å². The van der Waals surface area contributed by atoms with Gasteiger partial charge in [0.25, 0.3) is 0 Å². The molecular formula is C20H21ClN4O4S. The standard InChI is InChI=1S/C20H21ClN4O4S/c1-13-4-5-14(2)17(10-13)25(30(3,27)28)12-18(26)22-11-19-23-20(24-29-19)15-6-8-16(21)9-7-15/h4-10H,11-12H2,1-3H3,(H,22,26). The minimum atomic E-state index is -3.66. The molecule has 1 aromatic heterocycles. The normalized spacial score (nSPS) is 11.3. The van der Waals surface area contributed by atoms with Crippen LogP contribution in [0.2, 0.25) is 5.02 Å². The number of anilines is 1. The third kappa shape index (κ3) is 5.37. The fourth-order valence-electron chi connectivity index (χ4n) is 2.77. The Morgan fingerprint density at radius 1 is 1.17 bits per heavy atom. The summed E-state index contributed by atoms with van der Waals surface area (Å²) < 4.78 is 30.8. The number of carbonyl (C=O) groups is 1. The average Bonchev–Trinajstić information content (AvgIpc) is 3.15. The number of aryl methyl sites for hydroxylation is 2. The Bertz CT molecular complexity index is 1160. The van der Waals surface area contributed by atoms with Crippen molar-refractivity contribution in [2.24, 2.45) is 0 Å². The first-order valence-electron chi connectivity index (χ1n) is 9.03. The fraction of sp³-hybridized carbons (Fsp3) is 0.250. The highest BCUT2D eigenvalue weighted by Crippen LogP contribution is 2.24. The van der Waals surface area contributed by atoms with Crippen molar-refractivity contribution in [2.75, 3.05) is 17.1 Å². The molecule has 1 N–H and O–H groups in total. The van der Waals surface area contributed by atoms with Crippen molar-refractivity contribution < 1.29 is 17.7 Å². The number of sulfonamides is 1. The Labute approximate surface area is 179 Å². The van der Waals surface area contributed by atoms with Crippen LogP contribution < -0.4 is 9.62 Å². The Balaban J connectivity index is 1.68. The molecule has 158 valence electrons. The fourth-order valence-corrected chi connectivity index (χ4v) is 3.80. The van der Waals surface area contributed by atoms with E-state index >= 15 is 0 Å². The third-order valence-corrected chi connectivity index (χ3v) is 5.71. The van der Waals surface area contributed by atoms with Gasteiger partial charge in [0, 0.05) is 10.6 Å². The van der Waals surface area contributed by atoms with Gasteiger partial charge < -0.3 is 9.84 Å². The number of nitrogens with zero attached hydrogens (tertiary/aromatic N) is 3. The minimum Gasteiger partial charge on any atom is -0.345 e. The van der Waals surface area contributed by atoms with Crippen molar-refractivity contribution in [3.8, 4) is 11.4 Å². The first-order valence-corrected chi connectivity index (χ1v) is 11.3. The summed E-state index contributed by atoms with van der Waals surface area (Å²) >= 11 is 5.87. The predicted molar refractivity (Wildman–Crippen MR) is 115 cm³/mol. The van der Waals surface area contributed by atoms with E-state index < -0.39 is 15.9 Å². The number of rotatable bonds is 7. The van der Waals surface area contributed by atoms with E-state index in [-0.39, 0.29) is 19.0 Å². The first-order chi connectivity index (χ1) is 14.1. The topological polar surface area (TPSA) is 105 Å². The van der Waals surface area contributed by atoms with Crippen molar-refractivity contribution in [3.63, 3.8) is 0 Å². The highest BCUT2D eigenvalue weighted by Gasteiger charge is 2.22. The molecule has 8 nitrogen and oxygen atoms in total. The number of nitrogens with one attached hydrogen (secondary N) is 1. The Hall–Kier alpha value is -2.91. The molecule has 3 rings (SSSR count). The van der Waals surface area contributed by atoms with Crippen molar-refractivity contribution in [3.05, 3.63) is 64.5 Å². The van der Waals surface area contributed by atoms with E-state index in [0.717, 1.165) is 27.3 Å². The first kappa shape index (κ1) is 21.8. The van der Waals surface area contributed by atoms with Gasteiger partial charge >= 0.3 is 0 Å². The van der Waals surface area contributed by atoms with Gasteiger partial charge in [-0.05, 0) is 55.3 Å². The Morgan fingerprint density at radius 2 is 1.87 bits per heavy atom. The maximum absolute atomic E-state index is 12.4.